The van der Waals surface area contributed by atoms with Crippen LogP contribution in [0.2, 0.25) is 0 Å². The average molecular weight is 667 g/mol. The van der Waals surface area contributed by atoms with Crippen molar-refractivity contribution in [2.24, 2.45) is 5.41 Å². The molecule has 0 atom stereocenters. The lowest BCUT2D eigenvalue weighted by Gasteiger charge is -2.42. The molecule has 4 aromatic carbocycles. The van der Waals surface area contributed by atoms with E-state index in [4.69, 9.17) is 9.47 Å². The first-order valence-corrected chi connectivity index (χ1v) is 14.8. The van der Waals surface area contributed by atoms with E-state index in [0.717, 1.165) is 43.9 Å². The Hall–Kier alpha value is -4.00. The molecule has 0 amide bonds. The van der Waals surface area contributed by atoms with Gasteiger partial charge >= 0.3 is 12.1 Å². The van der Waals surface area contributed by atoms with Crippen LogP contribution in [0.3, 0.4) is 0 Å². The summed E-state index contributed by atoms with van der Waals surface area (Å²) < 4.78 is 132. The van der Waals surface area contributed by atoms with Gasteiger partial charge in [-0.15, -0.1) is 0 Å². The number of hydrogen-bond acceptors (Lipinski definition) is 4. The zero-order valence-electron chi connectivity index (χ0n) is 25.3. The number of benzene rings is 4. The molecule has 4 aromatic rings. The summed E-state index contributed by atoms with van der Waals surface area (Å²) in [6, 6.07) is 9.19. The maximum Gasteiger partial charge on any atom is 0.432 e. The number of alkyl halides is 2. The Kier molecular flexibility index (Phi) is 9.68. The predicted molar refractivity (Wildman–Crippen MR) is 156 cm³/mol. The van der Waals surface area contributed by atoms with Crippen LogP contribution in [0.5, 0.6) is 5.75 Å². The van der Waals surface area contributed by atoms with Crippen LogP contribution < -0.4 is 4.74 Å². The fraction of sp³-hybridized carbons (Fsp3) is 0.314. The second-order valence-electron chi connectivity index (χ2n) is 11.8. The molecule has 0 aliphatic carbocycles. The molecule has 0 unspecified atom stereocenters. The van der Waals surface area contributed by atoms with E-state index in [1.807, 2.05) is 6.92 Å². The van der Waals surface area contributed by atoms with Gasteiger partial charge < -0.3 is 19.3 Å². The minimum atomic E-state index is -4.65. The third-order valence-electron chi connectivity index (χ3n) is 8.01. The highest BCUT2D eigenvalue weighted by atomic mass is 19.3. The molecule has 5 rings (SSSR count). The van der Waals surface area contributed by atoms with Gasteiger partial charge in [0.05, 0.1) is 13.2 Å². The quantitative estimate of drug-likeness (QED) is 0.135. The van der Waals surface area contributed by atoms with Crippen molar-refractivity contribution in [1.82, 2.24) is 0 Å². The molecule has 4 nitrogen and oxygen atoms in total. The molecule has 0 aromatic heterocycles. The van der Waals surface area contributed by atoms with Crippen molar-refractivity contribution in [2.75, 3.05) is 13.2 Å². The van der Waals surface area contributed by atoms with Crippen LogP contribution in [-0.4, -0.2) is 18.3 Å². The number of ether oxygens (including phenoxy) is 3. The van der Waals surface area contributed by atoms with Crippen molar-refractivity contribution in [1.29, 1.82) is 0 Å². The van der Waals surface area contributed by atoms with Gasteiger partial charge in [-0.2, -0.15) is 8.78 Å². The maximum absolute atomic E-state index is 15.3. The summed E-state index contributed by atoms with van der Waals surface area (Å²) in [7, 11) is 0. The molecule has 0 bridgehead atoms. The third-order valence-corrected chi connectivity index (χ3v) is 8.01. The van der Waals surface area contributed by atoms with Crippen LogP contribution in [-0.2, 0) is 21.6 Å². The Labute approximate surface area is 265 Å². The Morgan fingerprint density at radius 1 is 0.702 bits per heavy atom. The van der Waals surface area contributed by atoms with Crippen molar-refractivity contribution >= 4 is 0 Å². The SMILES string of the molecule is CCCCCC1(C)COC(O)(c2ccc(-c3ccc(-c4cc(F)c(C(F)(F)Oc5ccc(F)c(F)c5)c(F)c4)c(F)c3)c(F)c2)OC1. The molecule has 0 saturated carbocycles. The normalized spacial score (nSPS) is 20.0. The van der Waals surface area contributed by atoms with Gasteiger partial charge in [0.2, 0.25) is 0 Å². The summed E-state index contributed by atoms with van der Waals surface area (Å²) in [5, 5.41) is 10.9. The highest BCUT2D eigenvalue weighted by Crippen LogP contribution is 2.40. The number of aliphatic hydroxyl groups is 1. The van der Waals surface area contributed by atoms with Gasteiger partial charge in [0.15, 0.2) is 11.6 Å². The first kappa shape index (κ1) is 34.3. The maximum atomic E-state index is 15.3. The van der Waals surface area contributed by atoms with Gasteiger partial charge in [-0.3, -0.25) is 0 Å². The van der Waals surface area contributed by atoms with E-state index in [1.165, 1.54) is 18.2 Å². The van der Waals surface area contributed by atoms with Crippen molar-refractivity contribution in [2.45, 2.75) is 51.6 Å². The molecule has 1 saturated heterocycles. The molecule has 1 aliphatic rings. The van der Waals surface area contributed by atoms with Crippen LogP contribution in [0.1, 0.15) is 50.7 Å². The van der Waals surface area contributed by atoms with Gasteiger partial charge in [-0.25, -0.2) is 26.3 Å². The summed E-state index contributed by atoms with van der Waals surface area (Å²) >= 11 is 0. The molecule has 1 N–H and O–H groups in total. The summed E-state index contributed by atoms with van der Waals surface area (Å²) in [4.78, 5) is 0. The Morgan fingerprint density at radius 2 is 1.30 bits per heavy atom. The van der Waals surface area contributed by atoms with Gasteiger partial charge in [-0.1, -0.05) is 57.4 Å². The third kappa shape index (κ3) is 7.29. The predicted octanol–water partition coefficient (Wildman–Crippen LogP) is 9.72. The Morgan fingerprint density at radius 3 is 1.89 bits per heavy atom. The highest BCUT2D eigenvalue weighted by molar-refractivity contribution is 5.72. The minimum Gasteiger partial charge on any atom is -0.429 e. The van der Waals surface area contributed by atoms with Crippen LogP contribution >= 0.6 is 0 Å². The van der Waals surface area contributed by atoms with Crippen LogP contribution in [0.15, 0.2) is 66.7 Å². The largest absolute Gasteiger partial charge is 0.432 e. The van der Waals surface area contributed by atoms with Crippen molar-refractivity contribution in [3.63, 3.8) is 0 Å². The van der Waals surface area contributed by atoms with E-state index in [9.17, 15) is 31.4 Å². The minimum absolute atomic E-state index is 0.0113. The molecule has 1 aliphatic heterocycles. The van der Waals surface area contributed by atoms with E-state index < -0.39 is 63.9 Å². The lowest BCUT2D eigenvalue weighted by atomic mass is 9.85. The Balaban J connectivity index is 1.34. The van der Waals surface area contributed by atoms with Crippen LogP contribution in [0.4, 0.5) is 35.1 Å². The first-order chi connectivity index (χ1) is 22.1. The van der Waals surface area contributed by atoms with E-state index in [-0.39, 0.29) is 46.9 Å². The van der Waals surface area contributed by atoms with Gasteiger partial charge in [0, 0.05) is 28.2 Å². The smallest absolute Gasteiger partial charge is 0.429 e. The second kappa shape index (κ2) is 13.2. The number of rotatable bonds is 10. The average Bonchev–Trinajstić information content (AvgIpc) is 3.00. The lowest BCUT2D eigenvalue weighted by Crippen LogP contribution is -2.46. The van der Waals surface area contributed by atoms with Crippen LogP contribution in [0.25, 0.3) is 22.3 Å². The van der Waals surface area contributed by atoms with E-state index in [0.29, 0.717) is 24.3 Å². The van der Waals surface area contributed by atoms with Crippen molar-refractivity contribution in [3.8, 4) is 28.0 Å². The van der Waals surface area contributed by atoms with E-state index >= 15 is 8.78 Å². The van der Waals surface area contributed by atoms with Crippen LogP contribution in [0, 0.1) is 40.3 Å². The van der Waals surface area contributed by atoms with Crippen molar-refractivity contribution in [3.05, 3.63) is 113 Å². The molecule has 0 radical (unpaired) electrons. The zero-order valence-corrected chi connectivity index (χ0v) is 25.3. The molecule has 12 heteroatoms. The lowest BCUT2D eigenvalue weighted by molar-refractivity contribution is -0.415. The summed E-state index contributed by atoms with van der Waals surface area (Å²) in [6.07, 6.45) is -0.757. The molecule has 1 heterocycles. The topological polar surface area (TPSA) is 47.9 Å². The monoisotopic (exact) mass is 666 g/mol. The number of hydrogen-bond donors (Lipinski definition) is 1. The van der Waals surface area contributed by atoms with Gasteiger partial charge in [0.25, 0.3) is 0 Å². The van der Waals surface area contributed by atoms with Gasteiger partial charge in [0.1, 0.15) is 34.6 Å². The Bertz CT molecular complexity index is 1750. The summed E-state index contributed by atoms with van der Waals surface area (Å²) in [5.74, 6) is -11.5. The molecule has 0 spiro atoms. The molecule has 1 fully saturated rings. The van der Waals surface area contributed by atoms with Crippen molar-refractivity contribution < 1.29 is 54.4 Å². The second-order valence-corrected chi connectivity index (χ2v) is 11.8. The number of unbranched alkanes of at least 4 members (excludes halogenated alkanes) is 2. The van der Waals surface area contributed by atoms with Gasteiger partial charge in [-0.05, 0) is 53.9 Å². The fourth-order valence-corrected chi connectivity index (χ4v) is 5.35. The summed E-state index contributed by atoms with van der Waals surface area (Å²) in [6.45, 7) is 4.44. The molecular formula is C35H30F8O4. The number of halogens is 8. The first-order valence-electron chi connectivity index (χ1n) is 14.8. The van der Waals surface area contributed by atoms with E-state index in [2.05, 4.69) is 11.7 Å². The summed E-state index contributed by atoms with van der Waals surface area (Å²) in [5.41, 5.74) is -3.06. The molecule has 250 valence electrons. The highest BCUT2D eigenvalue weighted by Gasteiger charge is 2.43. The fourth-order valence-electron chi connectivity index (χ4n) is 5.35. The zero-order chi connectivity index (χ0) is 34.1. The molecule has 47 heavy (non-hydrogen) atoms. The molecular weight excluding hydrogens is 636 g/mol. The standard InChI is InChI=1S/C35H30F8O4/c1-3-4-5-12-33(2)18-45-35(44,46-19-33)22-7-10-24(28(38)16-22)20-6-9-25(27(37)13-20)21-14-30(40)32(31(41)15-21)34(42,43)47-23-8-11-26(36)29(39)17-23/h6-11,13-17,44H,3-5,12,18-19H2,1-2H3. The van der Waals surface area contributed by atoms with E-state index in [1.54, 1.807) is 0 Å².